The second kappa shape index (κ2) is 5.01. The zero-order valence-corrected chi connectivity index (χ0v) is 13.4. The van der Waals surface area contributed by atoms with Gasteiger partial charge in [-0.05, 0) is 47.0 Å². The fourth-order valence-electron chi connectivity index (χ4n) is 2.58. The molecule has 0 bridgehead atoms. The van der Waals surface area contributed by atoms with Gasteiger partial charge in [0.25, 0.3) is 0 Å². The van der Waals surface area contributed by atoms with Gasteiger partial charge in [0.2, 0.25) is 5.91 Å². The van der Waals surface area contributed by atoms with Gasteiger partial charge < -0.3 is 10.5 Å². The van der Waals surface area contributed by atoms with E-state index < -0.39 is 0 Å². The number of carbonyl (C=O) groups excluding carboxylic acids is 1. The summed E-state index contributed by atoms with van der Waals surface area (Å²) in [5, 5.41) is 14.5. The molecule has 1 saturated heterocycles. The van der Waals surface area contributed by atoms with Crippen LogP contribution in [0.1, 0.15) is 41.0 Å². The molecule has 0 aromatic carbocycles. The lowest BCUT2D eigenvalue weighted by Gasteiger charge is -2.36. The second-order valence-corrected chi connectivity index (χ2v) is 7.91. The van der Waals surface area contributed by atoms with Gasteiger partial charge >= 0.3 is 0 Å². The van der Waals surface area contributed by atoms with Gasteiger partial charge in [-0.3, -0.25) is 4.79 Å². The lowest BCUT2D eigenvalue weighted by atomic mass is 9.87. The van der Waals surface area contributed by atoms with E-state index in [1.807, 2.05) is 34.6 Å². The summed E-state index contributed by atoms with van der Waals surface area (Å²) in [5.74, 6) is 0.331. The molecule has 1 aliphatic heterocycles. The maximum absolute atomic E-state index is 11.6. The first-order valence-electron chi connectivity index (χ1n) is 6.00. The quantitative estimate of drug-likeness (QED) is 0.604. The van der Waals surface area contributed by atoms with Gasteiger partial charge in [-0.15, -0.1) is 0 Å². The van der Waals surface area contributed by atoms with Crippen LogP contribution in [0.5, 0.6) is 0 Å². The largest absolute Gasteiger partial charge is 0.355 e. The van der Waals surface area contributed by atoms with E-state index in [1.54, 1.807) is 0 Å². The molecule has 0 aromatic heterocycles. The summed E-state index contributed by atoms with van der Waals surface area (Å²) in [4.78, 5) is 11.6. The summed E-state index contributed by atoms with van der Waals surface area (Å²) in [6.07, 6.45) is 0.881. The first-order chi connectivity index (χ1) is 7.59. The normalized spacial score (nSPS) is 29.0. The lowest BCUT2D eigenvalue weighted by Crippen LogP contribution is -2.49. The zero-order valence-electron chi connectivity index (χ0n) is 11.2. The van der Waals surface area contributed by atoms with Crippen LogP contribution < -0.4 is 5.32 Å². The minimum Gasteiger partial charge on any atom is -0.355 e. The van der Waals surface area contributed by atoms with Crippen LogP contribution in [0.25, 0.3) is 0 Å². The van der Waals surface area contributed by atoms with Crippen molar-refractivity contribution in [3.63, 3.8) is 0 Å². The van der Waals surface area contributed by atoms with E-state index in [4.69, 9.17) is 0 Å². The summed E-state index contributed by atoms with van der Waals surface area (Å²) >= 11 is 2.10. The smallest absolute Gasteiger partial charge is 0.232 e. The minimum atomic E-state index is -0.300. The van der Waals surface area contributed by atoms with E-state index >= 15 is 0 Å². The van der Waals surface area contributed by atoms with E-state index in [0.29, 0.717) is 6.54 Å². The Hall–Kier alpha value is 0.120. The van der Waals surface area contributed by atoms with E-state index in [-0.39, 0.29) is 26.8 Å². The summed E-state index contributed by atoms with van der Waals surface area (Å²) in [7, 11) is 0. The van der Waals surface area contributed by atoms with Crippen molar-refractivity contribution in [3.05, 3.63) is 0 Å². The molecule has 2 unspecified atom stereocenters. The number of halogens is 1. The topological polar surface area (TPSA) is 52.6 Å². The molecule has 0 radical (unpaired) electrons. The number of hydrogen-bond donors (Lipinski definition) is 2. The van der Waals surface area contributed by atoms with E-state index in [9.17, 15) is 10.0 Å². The molecule has 100 valence electrons. The average molecular weight is 354 g/mol. The molecule has 1 rings (SSSR count). The number of nitrogens with one attached hydrogen (secondary N) is 1. The number of alkyl halides is 1. The third-order valence-corrected chi connectivity index (χ3v) is 4.31. The van der Waals surface area contributed by atoms with Gasteiger partial charge in [-0.25, -0.2) is 0 Å². The zero-order chi connectivity index (χ0) is 13.4. The molecular weight excluding hydrogens is 331 g/mol. The molecule has 0 aliphatic carbocycles. The Labute approximate surface area is 117 Å². The molecule has 1 amide bonds. The molecular formula is C12H23IN2O2. The maximum atomic E-state index is 11.6. The SMILES string of the molecule is CC(I)C(=O)NCC1CC(C)(C)N(O)C1(C)C. The lowest BCUT2D eigenvalue weighted by molar-refractivity contribution is -0.196. The highest BCUT2D eigenvalue weighted by Crippen LogP contribution is 2.42. The Morgan fingerprint density at radius 2 is 2.06 bits per heavy atom. The van der Waals surface area contributed by atoms with Crippen molar-refractivity contribution in [1.82, 2.24) is 10.4 Å². The van der Waals surface area contributed by atoms with Gasteiger partial charge in [0, 0.05) is 17.6 Å². The van der Waals surface area contributed by atoms with Crippen molar-refractivity contribution in [2.75, 3.05) is 6.54 Å². The highest BCUT2D eigenvalue weighted by atomic mass is 127. The number of hydroxylamine groups is 2. The molecule has 1 heterocycles. The average Bonchev–Trinajstić information content (AvgIpc) is 2.35. The molecule has 2 N–H and O–H groups in total. The van der Waals surface area contributed by atoms with E-state index in [2.05, 4.69) is 27.9 Å². The molecule has 4 nitrogen and oxygen atoms in total. The van der Waals surface area contributed by atoms with Crippen LogP contribution in [-0.2, 0) is 4.79 Å². The fourth-order valence-corrected chi connectivity index (χ4v) is 2.80. The number of hydrogen-bond acceptors (Lipinski definition) is 3. The van der Waals surface area contributed by atoms with Crippen molar-refractivity contribution < 1.29 is 10.0 Å². The maximum Gasteiger partial charge on any atom is 0.232 e. The van der Waals surface area contributed by atoms with Crippen LogP contribution >= 0.6 is 22.6 Å². The summed E-state index contributed by atoms with van der Waals surface area (Å²) in [6.45, 7) is 10.6. The van der Waals surface area contributed by atoms with Crippen molar-refractivity contribution in [2.45, 2.75) is 56.0 Å². The summed E-state index contributed by atoms with van der Waals surface area (Å²) < 4.78 is -0.0182. The van der Waals surface area contributed by atoms with E-state index in [0.717, 1.165) is 6.42 Å². The number of rotatable bonds is 3. The fraction of sp³-hybridized carbons (Fsp3) is 0.917. The molecule has 0 saturated carbocycles. The van der Waals surface area contributed by atoms with Crippen molar-refractivity contribution in [3.8, 4) is 0 Å². The van der Waals surface area contributed by atoms with Gasteiger partial charge in [0.05, 0.1) is 3.92 Å². The predicted octanol–water partition coefficient (Wildman–Crippen LogP) is 2.19. The molecule has 0 aromatic rings. The van der Waals surface area contributed by atoms with Crippen molar-refractivity contribution in [1.29, 1.82) is 0 Å². The molecule has 17 heavy (non-hydrogen) atoms. The highest BCUT2D eigenvalue weighted by molar-refractivity contribution is 14.1. The van der Waals surface area contributed by atoms with Gasteiger partial charge in [0.1, 0.15) is 0 Å². The van der Waals surface area contributed by atoms with Crippen LogP contribution in [0.4, 0.5) is 0 Å². The Morgan fingerprint density at radius 3 is 2.41 bits per heavy atom. The van der Waals surface area contributed by atoms with Crippen LogP contribution in [0.15, 0.2) is 0 Å². The third kappa shape index (κ3) is 3.12. The molecule has 1 fully saturated rings. The van der Waals surface area contributed by atoms with Crippen LogP contribution in [0, 0.1) is 5.92 Å². The Balaban J connectivity index is 2.64. The Morgan fingerprint density at radius 1 is 1.53 bits per heavy atom. The predicted molar refractivity (Wildman–Crippen MR) is 76.4 cm³/mol. The number of carbonyl (C=O) groups is 1. The third-order valence-electron chi connectivity index (χ3n) is 3.75. The Kier molecular flexibility index (Phi) is 4.47. The van der Waals surface area contributed by atoms with Crippen LogP contribution in [0.2, 0.25) is 0 Å². The van der Waals surface area contributed by atoms with Crippen molar-refractivity contribution >= 4 is 28.5 Å². The van der Waals surface area contributed by atoms with Crippen molar-refractivity contribution in [2.24, 2.45) is 5.92 Å². The highest BCUT2D eigenvalue weighted by Gasteiger charge is 2.51. The monoisotopic (exact) mass is 354 g/mol. The molecule has 0 spiro atoms. The van der Waals surface area contributed by atoms with Gasteiger partial charge in [-0.2, -0.15) is 5.06 Å². The summed E-state index contributed by atoms with van der Waals surface area (Å²) in [6, 6.07) is 0. The molecule has 2 atom stereocenters. The first kappa shape index (κ1) is 15.2. The molecule has 1 aliphatic rings. The summed E-state index contributed by atoms with van der Waals surface area (Å²) in [5.41, 5.74) is -0.528. The van der Waals surface area contributed by atoms with Gasteiger partial charge in [0.15, 0.2) is 0 Å². The van der Waals surface area contributed by atoms with Crippen LogP contribution in [0.3, 0.4) is 0 Å². The number of amides is 1. The Bertz CT molecular complexity index is 303. The van der Waals surface area contributed by atoms with E-state index in [1.165, 1.54) is 5.06 Å². The standard InChI is InChI=1S/C12H23IN2O2/c1-8(13)10(16)14-7-9-6-11(2,3)15(17)12(9,4)5/h8-9,17H,6-7H2,1-5H3,(H,14,16). The number of nitrogens with zero attached hydrogens (tertiary/aromatic N) is 1. The van der Waals surface area contributed by atoms with Crippen LogP contribution in [-0.4, -0.2) is 37.7 Å². The minimum absolute atomic E-state index is 0.0182. The van der Waals surface area contributed by atoms with Gasteiger partial charge in [-0.1, -0.05) is 22.6 Å². The first-order valence-corrected chi connectivity index (χ1v) is 7.24. The second-order valence-electron chi connectivity index (χ2n) is 6.04. The molecule has 5 heteroatoms.